The first-order valence-corrected chi connectivity index (χ1v) is 12.9. The number of ether oxygens (including phenoxy) is 2. The molecule has 0 bridgehead atoms. The van der Waals surface area contributed by atoms with Crippen LogP contribution in [0.2, 0.25) is 0 Å². The molecule has 2 atom stereocenters. The molecule has 0 amide bonds. The van der Waals surface area contributed by atoms with E-state index in [-0.39, 0.29) is 17.5 Å². The number of likely N-dealkylation sites (tertiary alicyclic amines) is 1. The second kappa shape index (κ2) is 7.80. The molecule has 0 aromatic heterocycles. The van der Waals surface area contributed by atoms with E-state index in [0.717, 1.165) is 63.1 Å². The fourth-order valence-electron chi connectivity index (χ4n) is 5.45. The standard InChI is InChI=1S/C24H29NO5S/c1-31(27,28)18-9-7-17(8-10-18)16-25-13-11-24(12-14-25)20-5-3-15-29-22(20)19-4-2-6-21(26)23(19)30-24/h2,4,6-10,20,22,26H,3,5,11-16H2,1H3/t20-,22+/m0/s1. The van der Waals surface area contributed by atoms with Crippen molar-refractivity contribution in [1.29, 1.82) is 0 Å². The Morgan fingerprint density at radius 1 is 1.13 bits per heavy atom. The Bertz CT molecular complexity index is 1060. The van der Waals surface area contributed by atoms with E-state index in [1.165, 1.54) is 6.26 Å². The number of aromatic hydroxyl groups is 1. The van der Waals surface area contributed by atoms with E-state index >= 15 is 0 Å². The van der Waals surface area contributed by atoms with Crippen molar-refractivity contribution < 1.29 is 23.0 Å². The minimum atomic E-state index is -3.17. The Morgan fingerprint density at radius 3 is 2.58 bits per heavy atom. The van der Waals surface area contributed by atoms with Crippen molar-refractivity contribution >= 4 is 9.84 Å². The van der Waals surface area contributed by atoms with E-state index in [0.29, 0.717) is 16.6 Å². The second-order valence-corrected chi connectivity index (χ2v) is 11.1. The Kier molecular flexibility index (Phi) is 5.23. The van der Waals surface area contributed by atoms with Crippen molar-refractivity contribution in [2.45, 2.75) is 48.8 Å². The molecule has 7 heteroatoms. The van der Waals surface area contributed by atoms with Gasteiger partial charge in [0, 0.05) is 56.8 Å². The highest BCUT2D eigenvalue weighted by atomic mass is 32.2. The number of phenolic OH excluding ortho intramolecular Hbond substituents is 1. The van der Waals surface area contributed by atoms with Crippen LogP contribution in [0.25, 0.3) is 0 Å². The zero-order valence-corrected chi connectivity index (χ0v) is 18.6. The van der Waals surface area contributed by atoms with Crippen LogP contribution in [-0.2, 0) is 21.1 Å². The third kappa shape index (κ3) is 3.83. The summed E-state index contributed by atoms with van der Waals surface area (Å²) in [6.07, 6.45) is 5.09. The van der Waals surface area contributed by atoms with E-state index in [2.05, 4.69) is 4.90 Å². The third-order valence-electron chi connectivity index (χ3n) is 7.09. The van der Waals surface area contributed by atoms with Crippen LogP contribution >= 0.6 is 0 Å². The molecule has 3 heterocycles. The lowest BCUT2D eigenvalue weighted by Gasteiger charge is -2.53. The molecule has 31 heavy (non-hydrogen) atoms. The van der Waals surface area contributed by atoms with Crippen LogP contribution in [0.4, 0.5) is 0 Å². The fourth-order valence-corrected chi connectivity index (χ4v) is 6.08. The van der Waals surface area contributed by atoms with Crippen molar-refractivity contribution in [3.05, 3.63) is 53.6 Å². The zero-order valence-electron chi connectivity index (χ0n) is 17.8. The molecule has 2 aromatic carbocycles. The zero-order chi connectivity index (χ0) is 21.6. The molecule has 2 fully saturated rings. The summed E-state index contributed by atoms with van der Waals surface area (Å²) < 4.78 is 36.1. The summed E-state index contributed by atoms with van der Waals surface area (Å²) in [5.74, 6) is 1.08. The number of sulfone groups is 1. The molecule has 0 saturated carbocycles. The lowest BCUT2D eigenvalue weighted by molar-refractivity contribution is -0.150. The van der Waals surface area contributed by atoms with Crippen LogP contribution in [0.1, 0.15) is 42.9 Å². The molecule has 166 valence electrons. The SMILES string of the molecule is CS(=O)(=O)c1ccc(CN2CCC3(CC2)Oc2c(O)cccc2[C@H]2OCCC[C@@H]23)cc1. The monoisotopic (exact) mass is 443 g/mol. The van der Waals surface area contributed by atoms with Gasteiger partial charge in [0.05, 0.1) is 11.0 Å². The fraction of sp³-hybridized carbons (Fsp3) is 0.500. The number of nitrogens with zero attached hydrogens (tertiary/aromatic N) is 1. The molecule has 3 aliphatic rings. The van der Waals surface area contributed by atoms with E-state index < -0.39 is 9.84 Å². The number of rotatable bonds is 3. The molecule has 0 unspecified atom stereocenters. The molecule has 3 aliphatic heterocycles. The molecule has 0 radical (unpaired) electrons. The van der Waals surface area contributed by atoms with Crippen LogP contribution in [0.3, 0.4) is 0 Å². The van der Waals surface area contributed by atoms with Crippen LogP contribution < -0.4 is 4.74 Å². The molecule has 1 N–H and O–H groups in total. The second-order valence-electron chi connectivity index (χ2n) is 9.09. The lowest BCUT2D eigenvalue weighted by Crippen LogP contribution is -2.57. The largest absolute Gasteiger partial charge is 0.504 e. The normalized spacial score (nSPS) is 25.5. The van der Waals surface area contributed by atoms with Gasteiger partial charge in [-0.2, -0.15) is 0 Å². The molecule has 5 rings (SSSR count). The Hall–Kier alpha value is -2.09. The van der Waals surface area contributed by atoms with Crippen LogP contribution in [0, 0.1) is 5.92 Å². The Balaban J connectivity index is 1.32. The van der Waals surface area contributed by atoms with E-state index in [1.807, 2.05) is 24.3 Å². The van der Waals surface area contributed by atoms with Gasteiger partial charge in [-0.05, 0) is 36.6 Å². The minimum Gasteiger partial charge on any atom is -0.504 e. The molecule has 2 saturated heterocycles. The van der Waals surface area contributed by atoms with Crippen LogP contribution in [0.15, 0.2) is 47.4 Å². The Morgan fingerprint density at radius 2 is 1.87 bits per heavy atom. The van der Waals surface area contributed by atoms with Crippen molar-refractivity contribution in [2.75, 3.05) is 26.0 Å². The Labute approximate surface area is 183 Å². The molecular formula is C24H29NO5S. The van der Waals surface area contributed by atoms with Gasteiger partial charge in [0.2, 0.25) is 0 Å². The predicted molar refractivity (Wildman–Crippen MR) is 117 cm³/mol. The topological polar surface area (TPSA) is 76.1 Å². The van der Waals surface area contributed by atoms with Crippen molar-refractivity contribution in [3.63, 3.8) is 0 Å². The third-order valence-corrected chi connectivity index (χ3v) is 8.22. The van der Waals surface area contributed by atoms with Crippen molar-refractivity contribution in [2.24, 2.45) is 5.92 Å². The maximum atomic E-state index is 11.7. The first kappa shape index (κ1) is 20.8. The van der Waals surface area contributed by atoms with Crippen LogP contribution in [0.5, 0.6) is 11.5 Å². The van der Waals surface area contributed by atoms with Gasteiger partial charge >= 0.3 is 0 Å². The number of hydrogen-bond donors (Lipinski definition) is 1. The van der Waals surface area contributed by atoms with E-state index in [4.69, 9.17) is 9.47 Å². The maximum Gasteiger partial charge on any atom is 0.175 e. The summed E-state index contributed by atoms with van der Waals surface area (Å²) >= 11 is 0. The van der Waals surface area contributed by atoms with Crippen molar-refractivity contribution in [1.82, 2.24) is 4.90 Å². The van der Waals surface area contributed by atoms with Gasteiger partial charge in [-0.25, -0.2) is 8.42 Å². The van der Waals surface area contributed by atoms with Crippen LogP contribution in [-0.4, -0.2) is 50.0 Å². The lowest BCUT2D eigenvalue weighted by atomic mass is 9.70. The number of hydrogen-bond acceptors (Lipinski definition) is 6. The van der Waals surface area contributed by atoms with Gasteiger partial charge in [-0.15, -0.1) is 0 Å². The highest BCUT2D eigenvalue weighted by Crippen LogP contribution is 2.55. The molecular weight excluding hydrogens is 414 g/mol. The first-order valence-electron chi connectivity index (χ1n) is 11.0. The highest BCUT2D eigenvalue weighted by Gasteiger charge is 2.52. The summed E-state index contributed by atoms with van der Waals surface area (Å²) in [5, 5.41) is 10.5. The smallest absolute Gasteiger partial charge is 0.175 e. The van der Waals surface area contributed by atoms with Gasteiger partial charge in [0.15, 0.2) is 21.3 Å². The highest BCUT2D eigenvalue weighted by molar-refractivity contribution is 7.90. The number of phenols is 1. The number of para-hydroxylation sites is 1. The van der Waals surface area contributed by atoms with Gasteiger partial charge in [0.25, 0.3) is 0 Å². The molecule has 1 spiro atoms. The minimum absolute atomic E-state index is 0.0142. The molecule has 2 aromatic rings. The number of benzene rings is 2. The molecule has 6 nitrogen and oxygen atoms in total. The van der Waals surface area contributed by atoms with Gasteiger partial charge in [0.1, 0.15) is 5.60 Å². The maximum absolute atomic E-state index is 11.7. The number of piperidine rings is 1. The van der Waals surface area contributed by atoms with E-state index in [1.54, 1.807) is 18.2 Å². The predicted octanol–water partition coefficient (Wildman–Crippen LogP) is 3.69. The summed E-state index contributed by atoms with van der Waals surface area (Å²) in [7, 11) is -3.17. The number of fused-ring (bicyclic) bond motifs is 4. The van der Waals surface area contributed by atoms with E-state index in [9.17, 15) is 13.5 Å². The summed E-state index contributed by atoms with van der Waals surface area (Å²) in [4.78, 5) is 2.75. The van der Waals surface area contributed by atoms with Gasteiger partial charge in [-0.1, -0.05) is 24.3 Å². The molecule has 0 aliphatic carbocycles. The summed E-state index contributed by atoms with van der Waals surface area (Å²) in [6, 6.07) is 12.7. The summed E-state index contributed by atoms with van der Waals surface area (Å²) in [6.45, 7) is 3.31. The first-order chi connectivity index (χ1) is 14.9. The van der Waals surface area contributed by atoms with Gasteiger partial charge in [-0.3, -0.25) is 4.90 Å². The van der Waals surface area contributed by atoms with Gasteiger partial charge < -0.3 is 14.6 Å². The average molecular weight is 444 g/mol. The summed E-state index contributed by atoms with van der Waals surface area (Å²) in [5.41, 5.74) is 1.77. The van der Waals surface area contributed by atoms with Crippen molar-refractivity contribution in [3.8, 4) is 11.5 Å². The average Bonchev–Trinajstić information content (AvgIpc) is 2.76. The quantitative estimate of drug-likeness (QED) is 0.780.